The van der Waals surface area contributed by atoms with E-state index in [9.17, 15) is 5.26 Å². The molecule has 8 aromatic rings. The maximum atomic E-state index is 9.51. The first kappa shape index (κ1) is 26.3. The number of nitrogens with zero attached hydrogens (tertiary/aromatic N) is 3. The van der Waals surface area contributed by atoms with Crippen molar-refractivity contribution in [2.45, 2.75) is 23.2 Å². The van der Waals surface area contributed by atoms with Gasteiger partial charge in [0, 0.05) is 37.0 Å². The fourth-order valence-electron chi connectivity index (χ4n) is 9.04. The Morgan fingerprint density at radius 3 is 2.17 bits per heavy atom. The number of thioether (sulfide) groups is 1. The Morgan fingerprint density at radius 2 is 1.33 bits per heavy atom. The van der Waals surface area contributed by atoms with Crippen molar-refractivity contribution in [2.24, 2.45) is 0 Å². The fraction of sp³-hybridized carbons (Fsp3) is 0.0682. The first-order chi connectivity index (χ1) is 23.8. The molecule has 1 aliphatic carbocycles. The summed E-state index contributed by atoms with van der Waals surface area (Å²) < 4.78 is 4.89. The molecule has 3 nitrogen and oxygen atoms in total. The lowest BCUT2D eigenvalue weighted by atomic mass is 9.61. The molecule has 0 bridgehead atoms. The number of fused-ring (bicyclic) bond motifs is 13. The van der Waals surface area contributed by atoms with Gasteiger partial charge in [0.25, 0.3) is 0 Å². The number of hydrogen-bond donors (Lipinski definition) is 0. The summed E-state index contributed by atoms with van der Waals surface area (Å²) in [6, 6.07) is 49.0. The number of benzene rings is 6. The molecule has 1 atom stereocenters. The second-order valence-electron chi connectivity index (χ2n) is 13.1. The molecule has 4 heterocycles. The zero-order valence-corrected chi connectivity index (χ0v) is 26.8. The highest BCUT2D eigenvalue weighted by Gasteiger charge is 2.50. The maximum absolute atomic E-state index is 9.51. The summed E-state index contributed by atoms with van der Waals surface area (Å²) in [5, 5.41) is 14.6. The van der Waals surface area contributed by atoms with Crippen LogP contribution in [0, 0.1) is 11.3 Å². The van der Waals surface area contributed by atoms with Crippen LogP contribution < -0.4 is 0 Å². The fourth-order valence-corrected chi connectivity index (χ4v) is 10.3. The Labute approximate surface area is 281 Å². The molecule has 0 N–H and O–H groups in total. The lowest BCUT2D eigenvalue weighted by Gasteiger charge is -2.47. The van der Waals surface area contributed by atoms with E-state index in [0.29, 0.717) is 5.56 Å². The minimum absolute atomic E-state index is 0.438. The monoisotopic (exact) mass is 629 g/mol. The molecule has 1 unspecified atom stereocenters. The number of aromatic nitrogens is 2. The smallest absolute Gasteiger partial charge is 0.0991 e. The van der Waals surface area contributed by atoms with E-state index in [0.717, 1.165) is 18.5 Å². The predicted octanol–water partition coefficient (Wildman–Crippen LogP) is 11.1. The Hall–Kier alpha value is -5.76. The second kappa shape index (κ2) is 9.41. The summed E-state index contributed by atoms with van der Waals surface area (Å²) in [5.41, 5.74) is 13.1. The van der Waals surface area contributed by atoms with Crippen molar-refractivity contribution in [3.63, 3.8) is 0 Å². The third-order valence-corrected chi connectivity index (χ3v) is 12.0. The first-order valence-electron chi connectivity index (χ1n) is 16.6. The van der Waals surface area contributed by atoms with E-state index >= 15 is 0 Å². The molecule has 4 heteroatoms. The first-order valence-corrected chi connectivity index (χ1v) is 17.4. The zero-order valence-electron chi connectivity index (χ0n) is 25.9. The standard InChI is InChI=1S/C44H27N3S/c45-26-27-20-22-28(23-21-27)46-37-16-5-2-11-30(37)32-24-36-42(25-40(32)46)48-41-19-8-4-14-34(41)44(36)33-13-3-7-18-39(33)47-38-17-6-1-10-29(38)31-12-9-15-35(44)43(31)47/h1-3,5-13,15-25H,4,14H2. The van der Waals surface area contributed by atoms with Gasteiger partial charge < -0.3 is 9.13 Å². The molecule has 224 valence electrons. The third-order valence-electron chi connectivity index (χ3n) is 10.9. The van der Waals surface area contributed by atoms with E-state index in [4.69, 9.17) is 0 Å². The highest BCUT2D eigenvalue weighted by atomic mass is 32.2. The van der Waals surface area contributed by atoms with Gasteiger partial charge in [0.15, 0.2) is 0 Å². The van der Waals surface area contributed by atoms with E-state index in [1.807, 2.05) is 23.9 Å². The van der Waals surface area contributed by atoms with E-state index in [2.05, 4.69) is 143 Å². The largest absolute Gasteiger partial charge is 0.309 e. The van der Waals surface area contributed by atoms with E-state index in [-0.39, 0.29) is 0 Å². The third kappa shape index (κ3) is 3.15. The van der Waals surface area contributed by atoms with Crippen LogP contribution in [0.1, 0.15) is 35.1 Å². The molecule has 0 saturated carbocycles. The van der Waals surface area contributed by atoms with Crippen LogP contribution in [0.15, 0.2) is 155 Å². The van der Waals surface area contributed by atoms with Gasteiger partial charge in [-0.3, -0.25) is 0 Å². The van der Waals surface area contributed by atoms with Crippen molar-refractivity contribution in [1.29, 1.82) is 5.26 Å². The van der Waals surface area contributed by atoms with Crippen LogP contribution >= 0.6 is 11.8 Å². The van der Waals surface area contributed by atoms with Crippen LogP contribution in [0.25, 0.3) is 55.0 Å². The van der Waals surface area contributed by atoms with Crippen LogP contribution in [-0.4, -0.2) is 9.13 Å². The van der Waals surface area contributed by atoms with Crippen LogP contribution in [-0.2, 0) is 5.41 Å². The molecule has 0 fully saturated rings. The van der Waals surface area contributed by atoms with Crippen LogP contribution in [0.5, 0.6) is 0 Å². The summed E-state index contributed by atoms with van der Waals surface area (Å²) in [6.07, 6.45) is 6.79. The van der Waals surface area contributed by atoms with Crippen LogP contribution in [0.3, 0.4) is 0 Å². The summed E-state index contributed by atoms with van der Waals surface area (Å²) in [6.45, 7) is 0. The van der Waals surface area contributed by atoms with Gasteiger partial charge in [-0.25, -0.2) is 0 Å². The predicted molar refractivity (Wildman–Crippen MR) is 197 cm³/mol. The topological polar surface area (TPSA) is 33.6 Å². The van der Waals surface area contributed by atoms with Gasteiger partial charge in [-0.2, -0.15) is 5.26 Å². The SMILES string of the molecule is N#Cc1ccc(-n2c3ccccc3c3cc4c(cc32)SC2=C(CCC=C2)C42c3ccccc3-n3c4ccccc4c4cccc2c43)cc1. The van der Waals surface area contributed by atoms with Crippen LogP contribution in [0.2, 0.25) is 0 Å². The van der Waals surface area contributed by atoms with Crippen molar-refractivity contribution in [1.82, 2.24) is 9.13 Å². The van der Waals surface area contributed by atoms with Crippen molar-refractivity contribution < 1.29 is 0 Å². The Morgan fingerprint density at radius 1 is 0.625 bits per heavy atom. The number of allylic oxidation sites excluding steroid dienone is 3. The van der Waals surface area contributed by atoms with E-state index in [1.165, 1.54) is 81.4 Å². The highest BCUT2D eigenvalue weighted by Crippen LogP contribution is 2.62. The molecule has 48 heavy (non-hydrogen) atoms. The molecule has 6 aromatic carbocycles. The summed E-state index contributed by atoms with van der Waals surface area (Å²) >= 11 is 1.92. The van der Waals surface area contributed by atoms with Crippen LogP contribution in [0.4, 0.5) is 0 Å². The summed E-state index contributed by atoms with van der Waals surface area (Å²) in [5.74, 6) is 0. The van der Waals surface area contributed by atoms with Gasteiger partial charge >= 0.3 is 0 Å². The van der Waals surface area contributed by atoms with Gasteiger partial charge in [0.1, 0.15) is 0 Å². The minimum Gasteiger partial charge on any atom is -0.309 e. The Kier molecular flexibility index (Phi) is 5.16. The molecule has 0 saturated heterocycles. The molecule has 0 radical (unpaired) electrons. The molecular weight excluding hydrogens is 603 g/mol. The number of hydrogen-bond acceptors (Lipinski definition) is 2. The van der Waals surface area contributed by atoms with Crippen molar-refractivity contribution in [3.8, 4) is 17.4 Å². The van der Waals surface area contributed by atoms with Crippen molar-refractivity contribution in [3.05, 3.63) is 172 Å². The lowest BCUT2D eigenvalue weighted by Crippen LogP contribution is -2.39. The molecule has 0 amide bonds. The summed E-state index contributed by atoms with van der Waals surface area (Å²) in [4.78, 5) is 2.66. The van der Waals surface area contributed by atoms with Crippen molar-refractivity contribution in [2.75, 3.05) is 0 Å². The maximum Gasteiger partial charge on any atom is 0.0991 e. The van der Waals surface area contributed by atoms with Gasteiger partial charge in [0.2, 0.25) is 0 Å². The Balaban J connectivity index is 1.33. The van der Waals surface area contributed by atoms with Gasteiger partial charge in [0.05, 0.1) is 44.8 Å². The molecule has 2 aromatic heterocycles. The van der Waals surface area contributed by atoms with Gasteiger partial charge in [-0.15, -0.1) is 0 Å². The summed E-state index contributed by atoms with van der Waals surface area (Å²) in [7, 11) is 0. The average molecular weight is 630 g/mol. The quantitative estimate of drug-likeness (QED) is 0.181. The van der Waals surface area contributed by atoms with E-state index in [1.54, 1.807) is 0 Å². The molecule has 2 aliphatic heterocycles. The molecule has 3 aliphatic rings. The van der Waals surface area contributed by atoms with E-state index < -0.39 is 5.41 Å². The highest BCUT2D eigenvalue weighted by molar-refractivity contribution is 8.03. The minimum atomic E-state index is -0.438. The number of rotatable bonds is 1. The Bertz CT molecular complexity index is 2820. The molecular formula is C44H27N3S. The van der Waals surface area contributed by atoms with Crippen molar-refractivity contribution >= 4 is 55.4 Å². The normalized spacial score (nSPS) is 17.6. The zero-order chi connectivity index (χ0) is 31.6. The van der Waals surface area contributed by atoms with Gasteiger partial charge in [-0.1, -0.05) is 96.7 Å². The lowest BCUT2D eigenvalue weighted by molar-refractivity contribution is 0.649. The number of para-hydroxylation sites is 4. The number of nitriles is 1. The second-order valence-corrected chi connectivity index (χ2v) is 14.2. The molecule has 11 rings (SSSR count). The van der Waals surface area contributed by atoms with Gasteiger partial charge in [-0.05, 0) is 89.7 Å². The molecule has 1 spiro atoms. The average Bonchev–Trinajstić information content (AvgIpc) is 3.66.